The van der Waals surface area contributed by atoms with Gasteiger partial charge in [-0.15, -0.1) is 0 Å². The summed E-state index contributed by atoms with van der Waals surface area (Å²) in [7, 11) is 0. The van der Waals surface area contributed by atoms with Crippen molar-refractivity contribution in [1.82, 2.24) is 4.90 Å². The number of aryl methyl sites for hydroxylation is 2. The molecular formula is C16H27NO2. The van der Waals surface area contributed by atoms with Crippen molar-refractivity contribution in [2.45, 2.75) is 27.7 Å². The molecule has 1 fully saturated rings. The SMILES string of the molecule is CC.Cc1ccc(OCCN2CCOCC2)c(C)c1. The summed E-state index contributed by atoms with van der Waals surface area (Å²) in [6.45, 7) is 13.7. The molecule has 1 heterocycles. The van der Waals surface area contributed by atoms with Gasteiger partial charge in [-0.05, 0) is 25.5 Å². The van der Waals surface area contributed by atoms with Crippen molar-refractivity contribution in [2.24, 2.45) is 0 Å². The van der Waals surface area contributed by atoms with Crippen molar-refractivity contribution in [3.8, 4) is 5.75 Å². The molecular weight excluding hydrogens is 238 g/mol. The first kappa shape index (κ1) is 16.0. The van der Waals surface area contributed by atoms with Gasteiger partial charge in [-0.3, -0.25) is 4.90 Å². The van der Waals surface area contributed by atoms with E-state index in [1.54, 1.807) is 0 Å². The van der Waals surface area contributed by atoms with E-state index < -0.39 is 0 Å². The first-order valence-electron chi connectivity index (χ1n) is 7.26. The number of hydrogen-bond acceptors (Lipinski definition) is 3. The Morgan fingerprint density at radius 3 is 2.47 bits per heavy atom. The topological polar surface area (TPSA) is 21.7 Å². The van der Waals surface area contributed by atoms with Gasteiger partial charge in [0.05, 0.1) is 13.2 Å². The van der Waals surface area contributed by atoms with E-state index in [0.29, 0.717) is 0 Å². The number of morpholine rings is 1. The number of benzene rings is 1. The molecule has 0 amide bonds. The average Bonchev–Trinajstić information content (AvgIpc) is 2.45. The van der Waals surface area contributed by atoms with Gasteiger partial charge in [-0.1, -0.05) is 31.5 Å². The minimum absolute atomic E-state index is 0.754. The molecule has 0 radical (unpaired) electrons. The molecule has 0 saturated carbocycles. The standard InChI is InChI=1S/C14H21NO2.C2H6/c1-12-3-4-14(13(2)11-12)17-10-7-15-5-8-16-9-6-15;1-2/h3-4,11H,5-10H2,1-2H3;1-2H3. The van der Waals surface area contributed by atoms with E-state index in [1.165, 1.54) is 11.1 Å². The number of ether oxygens (including phenoxy) is 2. The lowest BCUT2D eigenvalue weighted by molar-refractivity contribution is 0.0322. The Hall–Kier alpha value is -1.06. The molecule has 1 aromatic rings. The summed E-state index contributed by atoms with van der Waals surface area (Å²) in [5.41, 5.74) is 2.50. The van der Waals surface area contributed by atoms with Crippen LogP contribution in [0.5, 0.6) is 5.75 Å². The van der Waals surface area contributed by atoms with Crippen LogP contribution >= 0.6 is 0 Å². The molecule has 19 heavy (non-hydrogen) atoms. The Morgan fingerprint density at radius 1 is 1.16 bits per heavy atom. The van der Waals surface area contributed by atoms with Gasteiger partial charge in [-0.25, -0.2) is 0 Å². The molecule has 1 aliphatic heterocycles. The minimum Gasteiger partial charge on any atom is -0.492 e. The first-order valence-corrected chi connectivity index (χ1v) is 7.26. The predicted molar refractivity (Wildman–Crippen MR) is 80.0 cm³/mol. The van der Waals surface area contributed by atoms with Crippen LogP contribution in [0.25, 0.3) is 0 Å². The first-order chi connectivity index (χ1) is 9.25. The summed E-state index contributed by atoms with van der Waals surface area (Å²) < 4.78 is 11.1. The molecule has 1 aromatic carbocycles. The van der Waals surface area contributed by atoms with Crippen molar-refractivity contribution in [1.29, 1.82) is 0 Å². The molecule has 1 aliphatic rings. The third kappa shape index (κ3) is 5.62. The second-order valence-corrected chi connectivity index (χ2v) is 4.57. The minimum atomic E-state index is 0.754. The van der Waals surface area contributed by atoms with Gasteiger partial charge in [0.25, 0.3) is 0 Å². The largest absolute Gasteiger partial charge is 0.492 e. The van der Waals surface area contributed by atoms with E-state index in [9.17, 15) is 0 Å². The third-order valence-electron chi connectivity index (χ3n) is 3.10. The van der Waals surface area contributed by atoms with E-state index in [4.69, 9.17) is 9.47 Å². The van der Waals surface area contributed by atoms with E-state index in [2.05, 4.69) is 36.9 Å². The fraction of sp³-hybridized carbons (Fsp3) is 0.625. The van der Waals surface area contributed by atoms with Gasteiger partial charge in [0, 0.05) is 19.6 Å². The van der Waals surface area contributed by atoms with Crippen molar-refractivity contribution in [3.05, 3.63) is 29.3 Å². The Kier molecular flexibility index (Phi) is 7.53. The van der Waals surface area contributed by atoms with Crippen LogP contribution in [0.15, 0.2) is 18.2 Å². The maximum atomic E-state index is 5.81. The van der Waals surface area contributed by atoms with E-state index >= 15 is 0 Å². The molecule has 0 N–H and O–H groups in total. The zero-order chi connectivity index (χ0) is 14.1. The zero-order valence-electron chi connectivity index (χ0n) is 12.7. The van der Waals surface area contributed by atoms with Crippen LogP contribution in [-0.4, -0.2) is 44.4 Å². The normalized spacial score (nSPS) is 15.6. The maximum Gasteiger partial charge on any atom is 0.122 e. The van der Waals surface area contributed by atoms with Crippen LogP contribution < -0.4 is 4.74 Å². The van der Waals surface area contributed by atoms with Crippen LogP contribution in [-0.2, 0) is 4.74 Å². The average molecular weight is 265 g/mol. The van der Waals surface area contributed by atoms with E-state index in [1.807, 2.05) is 13.8 Å². The van der Waals surface area contributed by atoms with Crippen molar-refractivity contribution >= 4 is 0 Å². The summed E-state index contributed by atoms with van der Waals surface area (Å²) in [6, 6.07) is 6.31. The zero-order valence-corrected chi connectivity index (χ0v) is 12.7. The summed E-state index contributed by atoms with van der Waals surface area (Å²) in [6.07, 6.45) is 0. The summed E-state index contributed by atoms with van der Waals surface area (Å²) in [5.74, 6) is 1.00. The Labute approximate surface area is 117 Å². The van der Waals surface area contributed by atoms with Crippen LogP contribution in [0.1, 0.15) is 25.0 Å². The second-order valence-electron chi connectivity index (χ2n) is 4.57. The smallest absolute Gasteiger partial charge is 0.122 e. The fourth-order valence-electron chi connectivity index (χ4n) is 2.07. The van der Waals surface area contributed by atoms with Crippen LogP contribution in [0.4, 0.5) is 0 Å². The summed E-state index contributed by atoms with van der Waals surface area (Å²) in [4.78, 5) is 2.38. The Balaban J connectivity index is 0.000000861. The monoisotopic (exact) mass is 265 g/mol. The molecule has 0 aromatic heterocycles. The Bertz CT molecular complexity index is 360. The highest BCUT2D eigenvalue weighted by atomic mass is 16.5. The highest BCUT2D eigenvalue weighted by Crippen LogP contribution is 2.18. The van der Waals surface area contributed by atoms with E-state index in [0.717, 1.165) is 45.2 Å². The lowest BCUT2D eigenvalue weighted by Gasteiger charge is -2.26. The molecule has 1 saturated heterocycles. The van der Waals surface area contributed by atoms with Gasteiger partial charge in [-0.2, -0.15) is 0 Å². The van der Waals surface area contributed by atoms with Gasteiger partial charge in [0.15, 0.2) is 0 Å². The molecule has 108 valence electrons. The molecule has 2 rings (SSSR count). The quantitative estimate of drug-likeness (QED) is 0.835. The summed E-state index contributed by atoms with van der Waals surface area (Å²) in [5, 5.41) is 0. The van der Waals surface area contributed by atoms with Crippen LogP contribution in [0.3, 0.4) is 0 Å². The highest BCUT2D eigenvalue weighted by Gasteiger charge is 2.09. The predicted octanol–water partition coefficient (Wildman–Crippen LogP) is 3.04. The second kappa shape index (κ2) is 8.94. The molecule has 0 unspecified atom stereocenters. The fourth-order valence-corrected chi connectivity index (χ4v) is 2.07. The van der Waals surface area contributed by atoms with Crippen LogP contribution in [0.2, 0.25) is 0 Å². The van der Waals surface area contributed by atoms with Crippen molar-refractivity contribution < 1.29 is 9.47 Å². The maximum absolute atomic E-state index is 5.81. The van der Waals surface area contributed by atoms with Crippen molar-refractivity contribution in [3.63, 3.8) is 0 Å². The highest BCUT2D eigenvalue weighted by molar-refractivity contribution is 5.35. The van der Waals surface area contributed by atoms with Gasteiger partial charge in [0.2, 0.25) is 0 Å². The summed E-state index contributed by atoms with van der Waals surface area (Å²) >= 11 is 0. The van der Waals surface area contributed by atoms with Gasteiger partial charge < -0.3 is 9.47 Å². The van der Waals surface area contributed by atoms with Gasteiger partial charge in [0.1, 0.15) is 12.4 Å². The molecule has 0 spiro atoms. The third-order valence-corrected chi connectivity index (χ3v) is 3.10. The van der Waals surface area contributed by atoms with E-state index in [-0.39, 0.29) is 0 Å². The lowest BCUT2D eigenvalue weighted by Crippen LogP contribution is -2.38. The Morgan fingerprint density at radius 2 is 1.84 bits per heavy atom. The number of hydrogen-bond donors (Lipinski definition) is 0. The molecule has 3 nitrogen and oxygen atoms in total. The van der Waals surface area contributed by atoms with Crippen LogP contribution in [0, 0.1) is 13.8 Å². The van der Waals surface area contributed by atoms with Crippen molar-refractivity contribution in [2.75, 3.05) is 39.5 Å². The lowest BCUT2D eigenvalue weighted by atomic mass is 10.1. The molecule has 0 aliphatic carbocycles. The van der Waals surface area contributed by atoms with Gasteiger partial charge >= 0.3 is 0 Å². The molecule has 0 bridgehead atoms. The number of rotatable bonds is 4. The number of nitrogens with zero attached hydrogens (tertiary/aromatic N) is 1. The molecule has 3 heteroatoms. The molecule has 0 atom stereocenters.